The minimum Gasteiger partial charge on any atom is -0.353 e. The Morgan fingerprint density at radius 1 is 1.09 bits per heavy atom. The highest BCUT2D eigenvalue weighted by Crippen LogP contribution is 2.35. The largest absolute Gasteiger partial charge is 0.353 e. The van der Waals surface area contributed by atoms with Crippen LogP contribution in [0.15, 0.2) is 48.7 Å². The van der Waals surface area contributed by atoms with Crippen molar-refractivity contribution in [2.45, 2.75) is 51.1 Å². The fourth-order valence-corrected chi connectivity index (χ4v) is 4.82. The van der Waals surface area contributed by atoms with Crippen LogP contribution in [-0.4, -0.2) is 39.9 Å². The van der Waals surface area contributed by atoms with Crippen LogP contribution in [0.4, 0.5) is 5.69 Å². The molecule has 1 aromatic heterocycles. The summed E-state index contributed by atoms with van der Waals surface area (Å²) in [5.74, 6) is 0.240. The molecule has 0 radical (unpaired) electrons. The van der Waals surface area contributed by atoms with Gasteiger partial charge in [0, 0.05) is 30.8 Å². The van der Waals surface area contributed by atoms with Gasteiger partial charge >= 0.3 is 0 Å². The smallest absolute Gasteiger partial charge is 0.231 e. The van der Waals surface area contributed by atoms with Gasteiger partial charge in [-0.3, -0.25) is 9.59 Å². The lowest BCUT2D eigenvalue weighted by atomic mass is 10.0. The molecule has 32 heavy (non-hydrogen) atoms. The SMILES string of the molecule is CCC(=O)N[C@H]1CC[C@@H](n2nncc2-c2ccc(-c3ccc4c(c3)N(C)C(=O)C4)cc2)C1. The lowest BCUT2D eigenvalue weighted by Gasteiger charge is -2.15. The zero-order chi connectivity index (χ0) is 22.2. The van der Waals surface area contributed by atoms with Crippen molar-refractivity contribution in [3.8, 4) is 22.4 Å². The van der Waals surface area contributed by atoms with Crippen molar-refractivity contribution >= 4 is 17.5 Å². The first-order valence-corrected chi connectivity index (χ1v) is 11.2. The zero-order valence-electron chi connectivity index (χ0n) is 18.4. The van der Waals surface area contributed by atoms with E-state index in [1.54, 1.807) is 4.90 Å². The van der Waals surface area contributed by atoms with E-state index in [2.05, 4.69) is 52.0 Å². The van der Waals surface area contributed by atoms with Crippen LogP contribution in [-0.2, 0) is 16.0 Å². The number of amides is 2. The molecule has 5 rings (SSSR count). The summed E-state index contributed by atoms with van der Waals surface area (Å²) >= 11 is 0. The Kier molecular flexibility index (Phi) is 5.25. The molecule has 1 fully saturated rings. The Balaban J connectivity index is 1.35. The van der Waals surface area contributed by atoms with Crippen LogP contribution in [0, 0.1) is 0 Å². The van der Waals surface area contributed by atoms with E-state index in [-0.39, 0.29) is 23.9 Å². The highest BCUT2D eigenvalue weighted by molar-refractivity contribution is 6.01. The molecule has 0 spiro atoms. The average molecular weight is 430 g/mol. The maximum absolute atomic E-state index is 12.0. The highest BCUT2D eigenvalue weighted by Gasteiger charge is 2.29. The van der Waals surface area contributed by atoms with Crippen LogP contribution in [0.2, 0.25) is 0 Å². The first-order chi connectivity index (χ1) is 15.5. The number of hydrogen-bond acceptors (Lipinski definition) is 4. The molecule has 2 aromatic carbocycles. The second-order valence-electron chi connectivity index (χ2n) is 8.70. The predicted molar refractivity (Wildman–Crippen MR) is 123 cm³/mol. The van der Waals surface area contributed by atoms with E-state index in [0.717, 1.165) is 52.9 Å². The minimum atomic E-state index is 0.104. The van der Waals surface area contributed by atoms with Gasteiger partial charge in [0.1, 0.15) is 0 Å². The van der Waals surface area contributed by atoms with Crippen molar-refractivity contribution in [3.63, 3.8) is 0 Å². The van der Waals surface area contributed by atoms with E-state index in [4.69, 9.17) is 0 Å². The molecule has 2 heterocycles. The quantitative estimate of drug-likeness (QED) is 0.670. The summed E-state index contributed by atoms with van der Waals surface area (Å²) in [6, 6.07) is 15.0. The van der Waals surface area contributed by atoms with Crippen molar-refractivity contribution in [2.75, 3.05) is 11.9 Å². The molecule has 7 heteroatoms. The molecule has 2 atom stereocenters. The zero-order valence-corrected chi connectivity index (χ0v) is 18.4. The van der Waals surface area contributed by atoms with Gasteiger partial charge in [-0.15, -0.1) is 5.10 Å². The Morgan fingerprint density at radius 2 is 1.84 bits per heavy atom. The number of hydrogen-bond donors (Lipinski definition) is 1. The van der Waals surface area contributed by atoms with Crippen LogP contribution < -0.4 is 10.2 Å². The van der Waals surface area contributed by atoms with Crippen LogP contribution in [0.1, 0.15) is 44.2 Å². The topological polar surface area (TPSA) is 80.1 Å². The normalized spacial score (nSPS) is 19.9. The Hall–Kier alpha value is -3.48. The second kappa shape index (κ2) is 8.22. The molecular weight excluding hydrogens is 402 g/mol. The van der Waals surface area contributed by atoms with E-state index in [1.165, 1.54) is 0 Å². The minimum absolute atomic E-state index is 0.104. The number of carbonyl (C=O) groups excluding carboxylic acids is 2. The van der Waals surface area contributed by atoms with Crippen molar-refractivity contribution in [1.82, 2.24) is 20.3 Å². The molecule has 1 aliphatic carbocycles. The number of nitrogens with zero attached hydrogens (tertiary/aromatic N) is 4. The molecule has 0 saturated heterocycles. The maximum Gasteiger partial charge on any atom is 0.231 e. The monoisotopic (exact) mass is 429 g/mol. The molecule has 0 bridgehead atoms. The lowest BCUT2D eigenvalue weighted by molar-refractivity contribution is -0.121. The van der Waals surface area contributed by atoms with E-state index >= 15 is 0 Å². The summed E-state index contributed by atoms with van der Waals surface area (Å²) in [4.78, 5) is 25.4. The summed E-state index contributed by atoms with van der Waals surface area (Å²) in [6.07, 6.45) is 5.62. The van der Waals surface area contributed by atoms with Gasteiger partial charge in [0.05, 0.1) is 24.4 Å². The van der Waals surface area contributed by atoms with E-state index in [9.17, 15) is 9.59 Å². The van der Waals surface area contributed by atoms with Gasteiger partial charge in [-0.25, -0.2) is 4.68 Å². The molecule has 0 unspecified atom stereocenters. The molecule has 1 N–H and O–H groups in total. The summed E-state index contributed by atoms with van der Waals surface area (Å²) < 4.78 is 2.00. The van der Waals surface area contributed by atoms with E-state index < -0.39 is 0 Å². The highest BCUT2D eigenvalue weighted by atomic mass is 16.2. The number of aromatic nitrogens is 3. The van der Waals surface area contributed by atoms with Gasteiger partial charge in [-0.2, -0.15) is 0 Å². The molecule has 164 valence electrons. The van der Waals surface area contributed by atoms with Crippen LogP contribution >= 0.6 is 0 Å². The number of fused-ring (bicyclic) bond motifs is 1. The van der Waals surface area contributed by atoms with Crippen LogP contribution in [0.5, 0.6) is 0 Å². The van der Waals surface area contributed by atoms with E-state index in [1.807, 2.05) is 30.9 Å². The molecule has 2 aliphatic rings. The van der Waals surface area contributed by atoms with Crippen LogP contribution in [0.3, 0.4) is 0 Å². The van der Waals surface area contributed by atoms with Crippen molar-refractivity contribution in [1.29, 1.82) is 0 Å². The fraction of sp³-hybridized carbons (Fsp3) is 0.360. The van der Waals surface area contributed by atoms with Gasteiger partial charge in [-0.1, -0.05) is 48.5 Å². The van der Waals surface area contributed by atoms with Crippen LogP contribution in [0.25, 0.3) is 22.4 Å². The number of benzene rings is 2. The third kappa shape index (κ3) is 3.68. The fourth-order valence-electron chi connectivity index (χ4n) is 4.82. The first kappa shape index (κ1) is 20.4. The molecule has 3 aromatic rings. The average Bonchev–Trinajstić information content (AvgIpc) is 3.53. The van der Waals surface area contributed by atoms with Gasteiger partial charge in [-0.05, 0) is 42.0 Å². The number of anilines is 1. The molecular formula is C25H27N5O2. The second-order valence-corrected chi connectivity index (χ2v) is 8.70. The lowest BCUT2D eigenvalue weighted by Crippen LogP contribution is -2.32. The molecule has 1 aliphatic heterocycles. The summed E-state index contributed by atoms with van der Waals surface area (Å²) in [6.45, 7) is 1.88. The maximum atomic E-state index is 12.0. The Morgan fingerprint density at radius 3 is 2.62 bits per heavy atom. The van der Waals surface area contributed by atoms with E-state index in [0.29, 0.717) is 12.8 Å². The third-order valence-electron chi connectivity index (χ3n) is 6.69. The van der Waals surface area contributed by atoms with Crippen molar-refractivity contribution in [2.24, 2.45) is 0 Å². The van der Waals surface area contributed by atoms with Gasteiger partial charge in [0.25, 0.3) is 0 Å². The molecule has 2 amide bonds. The first-order valence-electron chi connectivity index (χ1n) is 11.2. The van der Waals surface area contributed by atoms with Gasteiger partial charge in [0.2, 0.25) is 11.8 Å². The number of nitrogens with one attached hydrogen (secondary N) is 1. The summed E-state index contributed by atoms with van der Waals surface area (Å²) in [7, 11) is 1.83. The number of rotatable bonds is 5. The van der Waals surface area contributed by atoms with Gasteiger partial charge in [0.15, 0.2) is 0 Å². The number of likely N-dealkylation sites (N-methyl/N-ethyl adjacent to an activating group) is 1. The predicted octanol–water partition coefficient (Wildman–Crippen LogP) is 3.75. The molecule has 7 nitrogen and oxygen atoms in total. The Bertz CT molecular complexity index is 1170. The van der Waals surface area contributed by atoms with Crippen molar-refractivity contribution in [3.05, 3.63) is 54.2 Å². The summed E-state index contributed by atoms with van der Waals surface area (Å²) in [5, 5.41) is 11.6. The Labute approximate surface area is 187 Å². The molecule has 1 saturated carbocycles. The summed E-state index contributed by atoms with van der Waals surface area (Å²) in [5.41, 5.74) is 6.32. The van der Waals surface area contributed by atoms with Gasteiger partial charge < -0.3 is 10.2 Å². The standard InChI is InChI=1S/C25H27N5O2/c1-3-24(31)27-20-10-11-21(14-20)30-23(15-26-28-30)17-6-4-16(5-7-17)18-8-9-19-13-25(32)29(2)22(19)12-18/h4-9,12,15,20-21H,3,10-11,13-14H2,1-2H3,(H,27,31)/t20-,21+/m0/s1. The third-order valence-corrected chi connectivity index (χ3v) is 6.69. The number of carbonyl (C=O) groups is 2. The van der Waals surface area contributed by atoms with Crippen molar-refractivity contribution < 1.29 is 9.59 Å².